The highest BCUT2D eigenvalue weighted by molar-refractivity contribution is 4.73. The first-order valence-electron chi connectivity index (χ1n) is 8.67. The molecule has 0 aliphatic carbocycles. The van der Waals surface area contributed by atoms with Crippen LogP contribution in [0.5, 0.6) is 0 Å². The van der Waals surface area contributed by atoms with E-state index in [-0.39, 0.29) is 0 Å². The summed E-state index contributed by atoms with van der Waals surface area (Å²) in [5, 5.41) is 0. The molecule has 0 radical (unpaired) electrons. The maximum Gasteiger partial charge on any atom is 0.0110 e. The summed E-state index contributed by atoms with van der Waals surface area (Å²) in [6.45, 7) is 17.7. The molecule has 1 aliphatic rings. The van der Waals surface area contributed by atoms with Crippen molar-refractivity contribution in [2.75, 3.05) is 45.8 Å². The first kappa shape index (κ1) is 17.9. The summed E-state index contributed by atoms with van der Waals surface area (Å²) in [5.74, 6) is 2.40. The maximum atomic E-state index is 5.72. The first-order chi connectivity index (χ1) is 9.52. The highest BCUT2D eigenvalue weighted by Crippen LogP contribution is 2.20. The van der Waals surface area contributed by atoms with Crippen LogP contribution in [0.25, 0.3) is 0 Å². The molecule has 3 heteroatoms. The number of nitrogens with zero attached hydrogens (tertiary/aromatic N) is 2. The Hall–Kier alpha value is -0.120. The van der Waals surface area contributed by atoms with Gasteiger partial charge in [-0.3, -0.25) is 0 Å². The minimum Gasteiger partial charge on any atom is -0.330 e. The third-order valence-electron chi connectivity index (χ3n) is 4.62. The van der Waals surface area contributed by atoms with E-state index in [1.165, 1.54) is 58.5 Å². The molecule has 0 bridgehead atoms. The van der Waals surface area contributed by atoms with Gasteiger partial charge in [-0.1, -0.05) is 27.7 Å². The van der Waals surface area contributed by atoms with E-state index in [2.05, 4.69) is 37.5 Å². The van der Waals surface area contributed by atoms with Crippen LogP contribution in [-0.4, -0.2) is 55.6 Å². The number of hydrogen-bond donors (Lipinski definition) is 1. The zero-order valence-electron chi connectivity index (χ0n) is 14.3. The second-order valence-corrected chi connectivity index (χ2v) is 7.26. The predicted octanol–water partition coefficient (Wildman–Crippen LogP) is 2.66. The molecule has 1 saturated heterocycles. The van der Waals surface area contributed by atoms with E-state index >= 15 is 0 Å². The molecule has 1 unspecified atom stereocenters. The van der Waals surface area contributed by atoms with Crippen LogP contribution in [0.3, 0.4) is 0 Å². The number of rotatable bonds is 9. The molecule has 20 heavy (non-hydrogen) atoms. The topological polar surface area (TPSA) is 32.5 Å². The van der Waals surface area contributed by atoms with Gasteiger partial charge in [0.25, 0.3) is 0 Å². The van der Waals surface area contributed by atoms with Crippen molar-refractivity contribution in [2.24, 2.45) is 23.5 Å². The van der Waals surface area contributed by atoms with Crippen LogP contribution < -0.4 is 5.73 Å². The summed E-state index contributed by atoms with van der Waals surface area (Å²) >= 11 is 0. The maximum absolute atomic E-state index is 5.72. The molecule has 1 fully saturated rings. The Bertz CT molecular complexity index is 232. The smallest absolute Gasteiger partial charge is 0.0110 e. The van der Waals surface area contributed by atoms with Crippen molar-refractivity contribution in [1.82, 2.24) is 9.80 Å². The summed E-state index contributed by atoms with van der Waals surface area (Å²) in [7, 11) is 0. The quantitative estimate of drug-likeness (QED) is 0.706. The Morgan fingerprint density at radius 2 is 1.50 bits per heavy atom. The van der Waals surface area contributed by atoms with Crippen molar-refractivity contribution in [3.8, 4) is 0 Å². The molecule has 1 heterocycles. The lowest BCUT2D eigenvalue weighted by molar-refractivity contribution is 0.118. The summed E-state index contributed by atoms with van der Waals surface area (Å²) in [6, 6.07) is 0. The lowest BCUT2D eigenvalue weighted by atomic mass is 9.88. The van der Waals surface area contributed by atoms with E-state index in [4.69, 9.17) is 5.73 Å². The van der Waals surface area contributed by atoms with Gasteiger partial charge >= 0.3 is 0 Å². The van der Waals surface area contributed by atoms with E-state index in [0.717, 1.165) is 24.3 Å². The summed E-state index contributed by atoms with van der Waals surface area (Å²) in [5.41, 5.74) is 5.72. The van der Waals surface area contributed by atoms with Gasteiger partial charge in [-0.15, -0.1) is 0 Å². The van der Waals surface area contributed by atoms with E-state index in [0.29, 0.717) is 0 Å². The van der Waals surface area contributed by atoms with Gasteiger partial charge in [-0.05, 0) is 50.1 Å². The average molecular weight is 284 g/mol. The molecule has 1 aliphatic heterocycles. The van der Waals surface area contributed by atoms with Gasteiger partial charge in [0, 0.05) is 32.7 Å². The van der Waals surface area contributed by atoms with Crippen molar-refractivity contribution in [3.05, 3.63) is 0 Å². The lowest BCUT2D eigenvalue weighted by Gasteiger charge is -2.35. The average Bonchev–Trinajstić information content (AvgIpc) is 2.39. The van der Waals surface area contributed by atoms with E-state index < -0.39 is 0 Å². The zero-order chi connectivity index (χ0) is 15.0. The Morgan fingerprint density at radius 1 is 0.900 bits per heavy atom. The molecular formula is C17H37N3. The van der Waals surface area contributed by atoms with Gasteiger partial charge in [0.1, 0.15) is 0 Å². The van der Waals surface area contributed by atoms with Gasteiger partial charge in [0.05, 0.1) is 0 Å². The van der Waals surface area contributed by atoms with Gasteiger partial charge in [-0.25, -0.2) is 0 Å². The molecule has 0 amide bonds. The molecule has 2 N–H and O–H groups in total. The number of hydrogen-bond acceptors (Lipinski definition) is 3. The summed E-state index contributed by atoms with van der Waals surface area (Å²) in [4.78, 5) is 5.27. The summed E-state index contributed by atoms with van der Waals surface area (Å²) in [6.07, 6.45) is 3.88. The van der Waals surface area contributed by atoms with Gasteiger partial charge in [-0.2, -0.15) is 0 Å². The predicted molar refractivity (Wildman–Crippen MR) is 89.0 cm³/mol. The van der Waals surface area contributed by atoms with Crippen LogP contribution in [0, 0.1) is 17.8 Å². The van der Waals surface area contributed by atoms with Crippen LogP contribution >= 0.6 is 0 Å². The van der Waals surface area contributed by atoms with Crippen LogP contribution in [0.1, 0.15) is 47.0 Å². The molecule has 0 aromatic heterocycles. The van der Waals surface area contributed by atoms with Crippen molar-refractivity contribution >= 4 is 0 Å². The molecule has 0 aromatic carbocycles. The van der Waals surface area contributed by atoms with Crippen LogP contribution in [0.4, 0.5) is 0 Å². The molecule has 0 aromatic rings. The van der Waals surface area contributed by atoms with Crippen molar-refractivity contribution in [2.45, 2.75) is 47.0 Å². The highest BCUT2D eigenvalue weighted by Gasteiger charge is 2.18. The Kier molecular flexibility index (Phi) is 8.74. The fraction of sp³-hybridized carbons (Fsp3) is 1.00. The molecule has 0 spiro atoms. The van der Waals surface area contributed by atoms with Crippen molar-refractivity contribution in [3.63, 3.8) is 0 Å². The number of nitrogens with two attached hydrogens (primary N) is 1. The van der Waals surface area contributed by atoms with Crippen molar-refractivity contribution in [1.29, 1.82) is 0 Å². The standard InChI is InChI=1S/C17H37N3/c1-15(2)14-20-12-10-19(11-13-20)9-5-6-17(7-8-18)16(3)4/h15-17H,5-14,18H2,1-4H3. The molecule has 0 saturated carbocycles. The normalized spacial score (nSPS) is 19.9. The zero-order valence-corrected chi connectivity index (χ0v) is 14.3. The Labute approximate surface area is 126 Å². The second-order valence-electron chi connectivity index (χ2n) is 7.26. The van der Waals surface area contributed by atoms with Gasteiger partial charge in [0.15, 0.2) is 0 Å². The fourth-order valence-electron chi connectivity index (χ4n) is 3.31. The Morgan fingerprint density at radius 3 is 2.00 bits per heavy atom. The minimum atomic E-state index is 0.779. The first-order valence-corrected chi connectivity index (χ1v) is 8.67. The third-order valence-corrected chi connectivity index (χ3v) is 4.62. The molecule has 120 valence electrons. The van der Waals surface area contributed by atoms with E-state index in [1.807, 2.05) is 0 Å². The van der Waals surface area contributed by atoms with Gasteiger partial charge in [0.2, 0.25) is 0 Å². The monoisotopic (exact) mass is 283 g/mol. The van der Waals surface area contributed by atoms with E-state index in [1.54, 1.807) is 0 Å². The van der Waals surface area contributed by atoms with Crippen LogP contribution in [0.2, 0.25) is 0 Å². The van der Waals surface area contributed by atoms with Gasteiger partial charge < -0.3 is 15.5 Å². The SMILES string of the molecule is CC(C)CN1CCN(CCCC(CCN)C(C)C)CC1. The molecule has 3 nitrogen and oxygen atoms in total. The van der Waals surface area contributed by atoms with Crippen molar-refractivity contribution < 1.29 is 0 Å². The summed E-state index contributed by atoms with van der Waals surface area (Å²) < 4.78 is 0. The number of piperazine rings is 1. The third kappa shape index (κ3) is 7.05. The molecular weight excluding hydrogens is 246 g/mol. The van der Waals surface area contributed by atoms with Crippen LogP contribution in [0.15, 0.2) is 0 Å². The minimum absolute atomic E-state index is 0.779. The Balaban J connectivity index is 2.14. The fourth-order valence-corrected chi connectivity index (χ4v) is 3.31. The molecule has 1 rings (SSSR count). The van der Waals surface area contributed by atoms with E-state index in [9.17, 15) is 0 Å². The lowest BCUT2D eigenvalue weighted by Crippen LogP contribution is -2.47. The molecule has 1 atom stereocenters. The highest BCUT2D eigenvalue weighted by atomic mass is 15.3. The second kappa shape index (κ2) is 9.75. The van der Waals surface area contributed by atoms with Crippen LogP contribution in [-0.2, 0) is 0 Å². The largest absolute Gasteiger partial charge is 0.330 e.